The molecule has 2 rings (SSSR count). The van der Waals surface area contributed by atoms with Crippen molar-refractivity contribution in [2.75, 3.05) is 34.0 Å². The number of benzene rings is 1. The van der Waals surface area contributed by atoms with Crippen LogP contribution >= 0.6 is 0 Å². The number of hydrogen-bond acceptors (Lipinski definition) is 6. The van der Waals surface area contributed by atoms with Gasteiger partial charge in [0.2, 0.25) is 0 Å². The number of rotatable bonds is 10. The van der Waals surface area contributed by atoms with Crippen LogP contribution in [0.1, 0.15) is 5.56 Å². The minimum atomic E-state index is -0.395. The van der Waals surface area contributed by atoms with E-state index in [0.717, 1.165) is 0 Å². The maximum absolute atomic E-state index is 5.75. The molecule has 1 fully saturated rings. The summed E-state index contributed by atoms with van der Waals surface area (Å²) in [6.07, 6.45) is 3.07. The first-order valence-electron chi connectivity index (χ1n) is 7.67. The lowest BCUT2D eigenvalue weighted by Crippen LogP contribution is -2.30. The molecule has 0 radical (unpaired) electrons. The highest BCUT2D eigenvalue weighted by atomic mass is 16.7. The highest BCUT2D eigenvalue weighted by molar-refractivity contribution is 5.13. The Morgan fingerprint density at radius 3 is 2.30 bits per heavy atom. The van der Waals surface area contributed by atoms with Crippen LogP contribution in [0.15, 0.2) is 42.5 Å². The van der Waals surface area contributed by atoms with E-state index in [9.17, 15) is 0 Å². The first-order chi connectivity index (χ1) is 11.3. The van der Waals surface area contributed by atoms with Crippen LogP contribution in [0.25, 0.3) is 0 Å². The molecule has 1 N–H and O–H groups in total. The molecule has 0 bridgehead atoms. The number of methoxy groups -OCH3 is 2. The van der Waals surface area contributed by atoms with Crippen molar-refractivity contribution in [2.45, 2.75) is 25.0 Å². The van der Waals surface area contributed by atoms with Gasteiger partial charge in [0, 0.05) is 20.8 Å². The van der Waals surface area contributed by atoms with Crippen molar-refractivity contribution in [1.29, 1.82) is 0 Å². The maximum Gasteiger partial charge on any atom is 0.178 e. The van der Waals surface area contributed by atoms with Gasteiger partial charge in [0.05, 0.1) is 19.8 Å². The summed E-state index contributed by atoms with van der Waals surface area (Å²) in [6.45, 7) is 2.05. The van der Waals surface area contributed by atoms with Crippen LogP contribution in [0.3, 0.4) is 0 Å². The van der Waals surface area contributed by atoms with E-state index >= 15 is 0 Å². The number of hydroxylamine groups is 1. The molecule has 0 aromatic heterocycles. The zero-order valence-electron chi connectivity index (χ0n) is 13.6. The third kappa shape index (κ3) is 6.39. The lowest BCUT2D eigenvalue weighted by Gasteiger charge is -2.14. The topological polar surface area (TPSA) is 58.2 Å². The molecule has 128 valence electrons. The fourth-order valence-electron chi connectivity index (χ4n) is 2.27. The van der Waals surface area contributed by atoms with Gasteiger partial charge in [-0.2, -0.15) is 5.48 Å². The molecule has 1 aliphatic rings. The lowest BCUT2D eigenvalue weighted by atomic mass is 10.2. The molecule has 1 aliphatic heterocycles. The molecule has 2 atom stereocenters. The van der Waals surface area contributed by atoms with Gasteiger partial charge in [-0.15, -0.1) is 0 Å². The number of nitrogens with one attached hydrogen (secondary N) is 1. The van der Waals surface area contributed by atoms with Crippen molar-refractivity contribution < 1.29 is 23.8 Å². The number of hydrogen-bond donors (Lipinski definition) is 1. The molecular weight excluding hydrogens is 298 g/mol. The average molecular weight is 323 g/mol. The van der Waals surface area contributed by atoms with Crippen LogP contribution in [-0.4, -0.2) is 52.5 Å². The van der Waals surface area contributed by atoms with Crippen LogP contribution in [-0.2, 0) is 30.3 Å². The second-order valence-corrected chi connectivity index (χ2v) is 5.17. The van der Waals surface area contributed by atoms with E-state index < -0.39 is 6.29 Å². The standard InChI is InChI=1S/C17H25NO5/c1-19-12-15-16(13-20-2)23-17(22-15)9-6-10-21-18-11-14-7-4-3-5-8-14/h3-9,15-18H,10-13H2,1-2H3/b9-6+/t15-,16-/m0/s1. The molecule has 1 aromatic carbocycles. The van der Waals surface area contributed by atoms with Crippen molar-refractivity contribution in [2.24, 2.45) is 0 Å². The normalized spacial score (nSPS) is 22.2. The third-order valence-corrected chi connectivity index (χ3v) is 3.39. The second-order valence-electron chi connectivity index (χ2n) is 5.17. The Kier molecular flexibility index (Phi) is 8.24. The molecular formula is C17H25NO5. The zero-order valence-corrected chi connectivity index (χ0v) is 13.6. The average Bonchev–Trinajstić information content (AvgIpc) is 2.94. The Morgan fingerprint density at radius 2 is 1.70 bits per heavy atom. The summed E-state index contributed by atoms with van der Waals surface area (Å²) >= 11 is 0. The first kappa shape index (κ1) is 18.1. The minimum absolute atomic E-state index is 0.119. The van der Waals surface area contributed by atoms with E-state index in [1.165, 1.54) is 5.56 Å². The Labute approximate surface area is 137 Å². The summed E-state index contributed by atoms with van der Waals surface area (Å²) in [6, 6.07) is 10.1. The second kappa shape index (κ2) is 10.5. The molecule has 0 aliphatic carbocycles. The molecule has 0 saturated carbocycles. The van der Waals surface area contributed by atoms with E-state index in [0.29, 0.717) is 26.4 Å². The predicted molar refractivity (Wildman–Crippen MR) is 85.7 cm³/mol. The van der Waals surface area contributed by atoms with Crippen LogP contribution < -0.4 is 5.48 Å². The van der Waals surface area contributed by atoms with E-state index in [1.807, 2.05) is 42.5 Å². The zero-order chi connectivity index (χ0) is 16.3. The molecule has 0 amide bonds. The minimum Gasteiger partial charge on any atom is -0.382 e. The van der Waals surface area contributed by atoms with Crippen LogP contribution in [0.4, 0.5) is 0 Å². The summed E-state index contributed by atoms with van der Waals surface area (Å²) < 4.78 is 21.8. The van der Waals surface area contributed by atoms with Crippen LogP contribution in [0.5, 0.6) is 0 Å². The number of ether oxygens (including phenoxy) is 4. The van der Waals surface area contributed by atoms with Crippen molar-refractivity contribution in [3.05, 3.63) is 48.0 Å². The molecule has 6 nitrogen and oxygen atoms in total. The van der Waals surface area contributed by atoms with Gasteiger partial charge in [-0.1, -0.05) is 36.4 Å². The molecule has 1 heterocycles. The van der Waals surface area contributed by atoms with Gasteiger partial charge in [0.1, 0.15) is 12.2 Å². The first-order valence-corrected chi connectivity index (χ1v) is 7.67. The summed E-state index contributed by atoms with van der Waals surface area (Å²) in [5.41, 5.74) is 4.08. The Morgan fingerprint density at radius 1 is 1.04 bits per heavy atom. The fourth-order valence-corrected chi connectivity index (χ4v) is 2.27. The lowest BCUT2D eigenvalue weighted by molar-refractivity contribution is -0.0431. The summed E-state index contributed by atoms with van der Waals surface area (Å²) in [7, 11) is 3.28. The molecule has 0 unspecified atom stereocenters. The van der Waals surface area contributed by atoms with E-state index in [1.54, 1.807) is 14.2 Å². The van der Waals surface area contributed by atoms with Gasteiger partial charge in [-0.05, 0) is 11.6 Å². The van der Waals surface area contributed by atoms with Gasteiger partial charge in [0.25, 0.3) is 0 Å². The fraction of sp³-hybridized carbons (Fsp3) is 0.529. The Balaban J connectivity index is 1.63. The molecule has 0 spiro atoms. The molecule has 1 saturated heterocycles. The highest BCUT2D eigenvalue weighted by Crippen LogP contribution is 2.20. The van der Waals surface area contributed by atoms with Gasteiger partial charge < -0.3 is 18.9 Å². The van der Waals surface area contributed by atoms with E-state index in [2.05, 4.69) is 5.48 Å². The summed E-state index contributed by atoms with van der Waals surface area (Å²) in [5.74, 6) is 0. The smallest absolute Gasteiger partial charge is 0.178 e. The van der Waals surface area contributed by atoms with Gasteiger partial charge in [-0.3, -0.25) is 4.84 Å². The molecule has 1 aromatic rings. The quantitative estimate of drug-likeness (QED) is 0.401. The Hall–Kier alpha value is -1.28. The summed E-state index contributed by atoms with van der Waals surface area (Å²) in [5, 5.41) is 0. The van der Waals surface area contributed by atoms with Crippen molar-refractivity contribution in [3.63, 3.8) is 0 Å². The predicted octanol–water partition coefficient (Wildman–Crippen LogP) is 1.67. The SMILES string of the molecule is COC[C@@H]1OC(/C=C/CONCc2ccccc2)O[C@H]1COC. The van der Waals surface area contributed by atoms with Crippen LogP contribution in [0.2, 0.25) is 0 Å². The maximum atomic E-state index is 5.75. The van der Waals surface area contributed by atoms with Crippen molar-refractivity contribution in [3.8, 4) is 0 Å². The Bertz CT molecular complexity index is 440. The monoisotopic (exact) mass is 323 g/mol. The largest absolute Gasteiger partial charge is 0.382 e. The van der Waals surface area contributed by atoms with Gasteiger partial charge in [-0.25, -0.2) is 0 Å². The van der Waals surface area contributed by atoms with Gasteiger partial charge in [0.15, 0.2) is 6.29 Å². The summed E-state index contributed by atoms with van der Waals surface area (Å²) in [4.78, 5) is 5.35. The van der Waals surface area contributed by atoms with E-state index in [-0.39, 0.29) is 12.2 Å². The third-order valence-electron chi connectivity index (χ3n) is 3.39. The van der Waals surface area contributed by atoms with Crippen LogP contribution in [0, 0.1) is 0 Å². The van der Waals surface area contributed by atoms with Crippen molar-refractivity contribution >= 4 is 0 Å². The van der Waals surface area contributed by atoms with Crippen molar-refractivity contribution in [1.82, 2.24) is 5.48 Å². The van der Waals surface area contributed by atoms with E-state index in [4.69, 9.17) is 23.8 Å². The molecule has 6 heteroatoms. The van der Waals surface area contributed by atoms with Gasteiger partial charge >= 0.3 is 0 Å². The molecule has 23 heavy (non-hydrogen) atoms. The highest BCUT2D eigenvalue weighted by Gasteiger charge is 2.34.